The summed E-state index contributed by atoms with van der Waals surface area (Å²) in [6.07, 6.45) is 0. The number of carbonyl (C=O) groups excluding carboxylic acids is 1. The summed E-state index contributed by atoms with van der Waals surface area (Å²) in [5, 5.41) is 7.68. The van der Waals surface area contributed by atoms with Crippen molar-refractivity contribution in [2.45, 2.75) is 40.3 Å². The number of carbonyl (C=O) groups is 1. The molecular formula is C12H21N3O2. The molecule has 0 aliphatic heterocycles. The lowest BCUT2D eigenvalue weighted by Crippen LogP contribution is -2.20. The number of aromatic nitrogens is 2. The molecular weight excluding hydrogens is 218 g/mol. The lowest BCUT2D eigenvalue weighted by Gasteiger charge is -2.12. The second-order valence-electron chi connectivity index (χ2n) is 4.07. The van der Waals surface area contributed by atoms with Crippen molar-refractivity contribution < 1.29 is 9.53 Å². The van der Waals surface area contributed by atoms with E-state index in [1.54, 1.807) is 11.6 Å². The van der Waals surface area contributed by atoms with Crippen LogP contribution in [0, 0.1) is 13.8 Å². The maximum absolute atomic E-state index is 11.5. The highest BCUT2D eigenvalue weighted by molar-refractivity contribution is 5.73. The Balaban J connectivity index is 2.99. The van der Waals surface area contributed by atoms with Crippen LogP contribution in [0.15, 0.2) is 0 Å². The van der Waals surface area contributed by atoms with Gasteiger partial charge in [0.1, 0.15) is 6.04 Å². The number of nitrogens with one attached hydrogen (secondary N) is 1. The van der Waals surface area contributed by atoms with Crippen molar-refractivity contribution in [2.24, 2.45) is 0 Å². The zero-order valence-corrected chi connectivity index (χ0v) is 11.2. The van der Waals surface area contributed by atoms with Gasteiger partial charge < -0.3 is 10.1 Å². The number of aryl methyl sites for hydroxylation is 1. The van der Waals surface area contributed by atoms with Crippen LogP contribution in [0.5, 0.6) is 0 Å². The standard InChI is InChI=1S/C12H21N3O2/c1-6-13-7-11-8(2)14-15(9(11)3)10(4)12(16)17-5/h10,13H,6-7H2,1-5H3. The van der Waals surface area contributed by atoms with E-state index in [2.05, 4.69) is 17.3 Å². The Labute approximate surface area is 102 Å². The highest BCUT2D eigenvalue weighted by atomic mass is 16.5. The van der Waals surface area contributed by atoms with E-state index >= 15 is 0 Å². The molecule has 0 radical (unpaired) electrons. The zero-order valence-electron chi connectivity index (χ0n) is 11.2. The summed E-state index contributed by atoms with van der Waals surface area (Å²) in [6, 6.07) is -0.380. The van der Waals surface area contributed by atoms with Gasteiger partial charge in [-0.25, -0.2) is 4.79 Å². The lowest BCUT2D eigenvalue weighted by molar-refractivity contribution is -0.144. The van der Waals surface area contributed by atoms with Crippen molar-refractivity contribution in [1.82, 2.24) is 15.1 Å². The average Bonchev–Trinajstić information content (AvgIpc) is 2.60. The Hall–Kier alpha value is -1.36. The fourth-order valence-electron chi connectivity index (χ4n) is 1.85. The zero-order chi connectivity index (χ0) is 13.0. The van der Waals surface area contributed by atoms with Gasteiger partial charge in [-0.05, 0) is 27.3 Å². The predicted octanol–water partition coefficient (Wildman–Crippen LogP) is 1.34. The van der Waals surface area contributed by atoms with Gasteiger partial charge in [-0.15, -0.1) is 0 Å². The Morgan fingerprint density at radius 3 is 2.71 bits per heavy atom. The van der Waals surface area contributed by atoms with Crippen LogP contribution in [0.1, 0.15) is 36.8 Å². The number of hydrogen-bond acceptors (Lipinski definition) is 4. The monoisotopic (exact) mass is 239 g/mol. The number of hydrogen-bond donors (Lipinski definition) is 1. The molecule has 0 spiro atoms. The summed E-state index contributed by atoms with van der Waals surface area (Å²) in [4.78, 5) is 11.5. The smallest absolute Gasteiger partial charge is 0.330 e. The number of ether oxygens (including phenoxy) is 1. The molecule has 0 amide bonds. The van der Waals surface area contributed by atoms with E-state index in [-0.39, 0.29) is 12.0 Å². The highest BCUT2D eigenvalue weighted by Gasteiger charge is 2.21. The third-order valence-electron chi connectivity index (χ3n) is 2.94. The fourth-order valence-corrected chi connectivity index (χ4v) is 1.85. The number of esters is 1. The Morgan fingerprint density at radius 2 is 2.18 bits per heavy atom. The molecule has 1 atom stereocenters. The van der Waals surface area contributed by atoms with Crippen molar-refractivity contribution in [3.63, 3.8) is 0 Å². The molecule has 5 heteroatoms. The summed E-state index contributed by atoms with van der Waals surface area (Å²) in [5.74, 6) is -0.273. The maximum Gasteiger partial charge on any atom is 0.330 e. The second kappa shape index (κ2) is 5.82. The molecule has 0 saturated carbocycles. The van der Waals surface area contributed by atoms with Crippen LogP contribution in [-0.4, -0.2) is 29.4 Å². The van der Waals surface area contributed by atoms with Crippen molar-refractivity contribution in [3.05, 3.63) is 17.0 Å². The fraction of sp³-hybridized carbons (Fsp3) is 0.667. The molecule has 5 nitrogen and oxygen atoms in total. The van der Waals surface area contributed by atoms with Crippen LogP contribution in [-0.2, 0) is 16.1 Å². The lowest BCUT2D eigenvalue weighted by atomic mass is 10.2. The van der Waals surface area contributed by atoms with Gasteiger partial charge in [0, 0.05) is 17.8 Å². The first-order chi connectivity index (χ1) is 8.02. The maximum atomic E-state index is 11.5. The van der Waals surface area contributed by atoms with E-state index in [9.17, 15) is 4.79 Å². The minimum Gasteiger partial charge on any atom is -0.467 e. The Morgan fingerprint density at radius 1 is 1.53 bits per heavy atom. The van der Waals surface area contributed by atoms with E-state index < -0.39 is 0 Å². The summed E-state index contributed by atoms with van der Waals surface area (Å²) < 4.78 is 6.47. The molecule has 96 valence electrons. The van der Waals surface area contributed by atoms with E-state index in [0.29, 0.717) is 0 Å². The van der Waals surface area contributed by atoms with Crippen LogP contribution in [0.3, 0.4) is 0 Å². The first kappa shape index (κ1) is 13.7. The number of methoxy groups -OCH3 is 1. The average molecular weight is 239 g/mol. The molecule has 1 aromatic heterocycles. The molecule has 0 fully saturated rings. The van der Waals surface area contributed by atoms with Gasteiger partial charge >= 0.3 is 5.97 Å². The summed E-state index contributed by atoms with van der Waals surface area (Å²) in [7, 11) is 1.39. The third kappa shape index (κ3) is 2.85. The minimum atomic E-state index is -0.380. The Kier molecular flexibility index (Phi) is 4.69. The van der Waals surface area contributed by atoms with Gasteiger partial charge in [0.25, 0.3) is 0 Å². The van der Waals surface area contributed by atoms with Crippen LogP contribution in [0.25, 0.3) is 0 Å². The molecule has 1 N–H and O–H groups in total. The van der Waals surface area contributed by atoms with Crippen LogP contribution >= 0.6 is 0 Å². The van der Waals surface area contributed by atoms with Crippen molar-refractivity contribution >= 4 is 5.97 Å². The topological polar surface area (TPSA) is 56.2 Å². The van der Waals surface area contributed by atoms with Gasteiger partial charge in [0.15, 0.2) is 0 Å². The van der Waals surface area contributed by atoms with Crippen molar-refractivity contribution in [3.8, 4) is 0 Å². The normalized spacial score (nSPS) is 12.5. The molecule has 1 unspecified atom stereocenters. The minimum absolute atomic E-state index is 0.273. The summed E-state index contributed by atoms with van der Waals surface area (Å²) in [5.41, 5.74) is 3.13. The predicted molar refractivity (Wildman–Crippen MR) is 65.8 cm³/mol. The molecule has 0 saturated heterocycles. The molecule has 1 aromatic rings. The molecule has 17 heavy (non-hydrogen) atoms. The van der Waals surface area contributed by atoms with E-state index in [1.165, 1.54) is 7.11 Å². The first-order valence-electron chi connectivity index (χ1n) is 5.86. The molecule has 0 aliphatic carbocycles. The SMILES string of the molecule is CCNCc1c(C)nn(C(C)C(=O)OC)c1C. The first-order valence-corrected chi connectivity index (χ1v) is 5.86. The van der Waals surface area contributed by atoms with Gasteiger partial charge in [-0.3, -0.25) is 4.68 Å². The summed E-state index contributed by atoms with van der Waals surface area (Å²) >= 11 is 0. The van der Waals surface area contributed by atoms with Gasteiger partial charge in [0.2, 0.25) is 0 Å². The molecule has 0 bridgehead atoms. The van der Waals surface area contributed by atoms with Crippen LogP contribution in [0.2, 0.25) is 0 Å². The number of rotatable bonds is 5. The third-order valence-corrected chi connectivity index (χ3v) is 2.94. The summed E-state index contributed by atoms with van der Waals surface area (Å²) in [6.45, 7) is 9.49. The van der Waals surface area contributed by atoms with Crippen LogP contribution in [0.4, 0.5) is 0 Å². The Bertz CT molecular complexity index is 399. The van der Waals surface area contributed by atoms with E-state index in [0.717, 1.165) is 30.0 Å². The van der Waals surface area contributed by atoms with Crippen molar-refractivity contribution in [1.29, 1.82) is 0 Å². The van der Waals surface area contributed by atoms with Gasteiger partial charge in [0.05, 0.1) is 12.8 Å². The molecule has 0 aliphatic rings. The van der Waals surface area contributed by atoms with Gasteiger partial charge in [-0.2, -0.15) is 5.10 Å². The van der Waals surface area contributed by atoms with E-state index in [4.69, 9.17) is 4.74 Å². The molecule has 1 rings (SSSR count). The van der Waals surface area contributed by atoms with Gasteiger partial charge in [-0.1, -0.05) is 6.92 Å². The molecule has 1 heterocycles. The molecule has 0 aromatic carbocycles. The van der Waals surface area contributed by atoms with E-state index in [1.807, 2.05) is 13.8 Å². The number of nitrogens with zero attached hydrogens (tertiary/aromatic N) is 2. The second-order valence-corrected chi connectivity index (χ2v) is 4.07. The van der Waals surface area contributed by atoms with Crippen molar-refractivity contribution in [2.75, 3.05) is 13.7 Å². The quantitative estimate of drug-likeness (QED) is 0.788. The highest BCUT2D eigenvalue weighted by Crippen LogP contribution is 2.18. The van der Waals surface area contributed by atoms with Crippen LogP contribution < -0.4 is 5.32 Å². The largest absolute Gasteiger partial charge is 0.467 e.